The number of amides is 1. The van der Waals surface area contributed by atoms with Crippen molar-refractivity contribution < 1.29 is 38.2 Å². The lowest BCUT2D eigenvalue weighted by atomic mass is 10.2. The van der Waals surface area contributed by atoms with Crippen molar-refractivity contribution in [1.29, 1.82) is 0 Å². The predicted molar refractivity (Wildman–Crippen MR) is 56.2 cm³/mol. The number of nitrogens with zero attached hydrogens (tertiary/aromatic N) is 1. The number of nitrogens with one attached hydrogen (secondary N) is 1. The molecule has 1 amide bonds. The zero-order chi connectivity index (χ0) is 14.6. The largest absolute Gasteiger partial charge is 0.320 e. The highest BCUT2D eigenvalue weighted by atomic mass is 35.7. The molecule has 104 valence electrons. The van der Waals surface area contributed by atoms with Gasteiger partial charge in [0.2, 0.25) is 11.6 Å². The quantitative estimate of drug-likeness (QED) is 0.510. The third kappa shape index (κ3) is 5.33. The van der Waals surface area contributed by atoms with Gasteiger partial charge in [0.05, 0.1) is 0 Å². The number of anilines is 1. The monoisotopic (exact) mass is 288 g/mol. The van der Waals surface area contributed by atoms with Gasteiger partial charge in [0.1, 0.15) is 19.2 Å². The zero-order valence-corrected chi connectivity index (χ0v) is 11.1. The number of hydrogen-bond donors (Lipinski definition) is 1. The molecule has 0 atom stereocenters. The number of carbonyl (C=O) groups is 1. The van der Waals surface area contributed by atoms with Gasteiger partial charge in [-0.15, -0.1) is 10.2 Å². The number of carbonyl (C=O) groups excluding carboxylic acids is 1. The molecule has 1 heterocycles. The van der Waals surface area contributed by atoms with Crippen LogP contribution < -0.4 is 24.0 Å². The van der Waals surface area contributed by atoms with Gasteiger partial charge in [-0.2, -0.15) is 0 Å². The lowest BCUT2D eigenvalue weighted by molar-refractivity contribution is -2.00. The van der Waals surface area contributed by atoms with Gasteiger partial charge in [-0.3, -0.25) is 4.79 Å². The van der Waals surface area contributed by atoms with Gasteiger partial charge >= 0.3 is 0 Å². The highest BCUT2D eigenvalue weighted by molar-refractivity contribution is 6.06. The second-order valence-electron chi connectivity index (χ2n) is 3.91. The summed E-state index contributed by atoms with van der Waals surface area (Å²) in [6.07, 6.45) is 0.463. The fraction of sp³-hybridized carbons (Fsp3) is 0.273. The van der Waals surface area contributed by atoms with Crippen molar-refractivity contribution in [2.45, 2.75) is 13.3 Å². The van der Waals surface area contributed by atoms with E-state index in [9.17, 15) is 4.79 Å². The van der Waals surface area contributed by atoms with Gasteiger partial charge in [0.25, 0.3) is 0 Å². The zero-order valence-electron chi connectivity index (χ0n) is 10.4. The van der Waals surface area contributed by atoms with E-state index in [1.165, 1.54) is 0 Å². The predicted octanol–water partition coefficient (Wildman–Crippen LogP) is -2.99. The van der Waals surface area contributed by atoms with Crippen molar-refractivity contribution in [1.82, 2.24) is 0 Å². The molecule has 7 nitrogen and oxygen atoms in total. The fourth-order valence-corrected chi connectivity index (χ4v) is 1.62. The first-order valence-electron chi connectivity index (χ1n) is 5.25. The Bertz CT molecular complexity index is 504. The van der Waals surface area contributed by atoms with Crippen LogP contribution in [0, 0.1) is 10.2 Å². The molecule has 0 fully saturated rings. The molecule has 0 saturated carbocycles. The molecule has 0 radical (unpaired) electrons. The summed E-state index contributed by atoms with van der Waals surface area (Å²) in [4.78, 5) is 11.4. The van der Waals surface area contributed by atoms with Gasteiger partial charge < -0.3 is 5.32 Å². The Morgan fingerprint density at radius 3 is 2.32 bits per heavy atom. The molecule has 2 rings (SSSR count). The van der Waals surface area contributed by atoms with Crippen molar-refractivity contribution in [3.63, 3.8) is 0 Å². The van der Waals surface area contributed by atoms with E-state index in [0.29, 0.717) is 6.42 Å². The van der Waals surface area contributed by atoms with Crippen LogP contribution in [0.2, 0.25) is 0 Å². The summed E-state index contributed by atoms with van der Waals surface area (Å²) in [5, 5.41) is 2.88. The molecule has 1 aliphatic heterocycles. The minimum Gasteiger partial charge on any atom is -0.320 e. The first-order chi connectivity index (χ1) is 8.68. The van der Waals surface area contributed by atoms with Crippen molar-refractivity contribution in [2.75, 3.05) is 12.4 Å². The molecule has 0 aromatic heterocycles. The van der Waals surface area contributed by atoms with Crippen LogP contribution in [0.4, 0.5) is 11.4 Å². The molecule has 8 heteroatoms. The fourth-order valence-electron chi connectivity index (χ4n) is 1.62. The maximum Gasteiger partial charge on any atom is 0.234 e. The highest BCUT2D eigenvalue weighted by Gasteiger charge is 2.21. The van der Waals surface area contributed by atoms with E-state index in [-0.39, 0.29) is 5.91 Å². The van der Waals surface area contributed by atoms with Crippen LogP contribution in [0.25, 0.3) is 0 Å². The van der Waals surface area contributed by atoms with Crippen molar-refractivity contribution in [3.8, 4) is 0 Å². The number of benzene rings is 1. The molecular formula is C11H13ClN2O5. The van der Waals surface area contributed by atoms with Gasteiger partial charge in [-0.25, -0.2) is 23.2 Å². The topological polar surface area (TPSA) is 124 Å². The van der Waals surface area contributed by atoms with Crippen LogP contribution in [0.5, 0.6) is 0 Å². The van der Waals surface area contributed by atoms with Gasteiger partial charge in [-0.1, -0.05) is 12.1 Å². The molecule has 0 bridgehead atoms. The Balaban J connectivity index is 0.000000312. The molecular weight excluding hydrogens is 276 g/mol. The van der Waals surface area contributed by atoms with E-state index in [1.54, 1.807) is 0 Å². The Kier molecular flexibility index (Phi) is 4.98. The highest BCUT2D eigenvalue weighted by Crippen LogP contribution is 2.25. The molecule has 1 aliphatic rings. The number of fused-ring (bicyclic) bond motifs is 1. The van der Waals surface area contributed by atoms with Crippen LogP contribution in [0.3, 0.4) is 0 Å². The van der Waals surface area contributed by atoms with E-state index >= 15 is 0 Å². The second kappa shape index (κ2) is 6.09. The standard InChI is InChI=1S/C11H12N2O.ClHO4/c1-8-7-11(14)12-9-5-3-4-6-10(9)13(8)2;2-1(3,4)5/h3-6H,7H2,1-2H3;(H,2,3,4,5). The number of hydrogen-bond acceptors (Lipinski definition) is 5. The molecule has 1 aromatic rings. The third-order valence-electron chi connectivity index (χ3n) is 2.53. The van der Waals surface area contributed by atoms with Crippen molar-refractivity contribution in [2.24, 2.45) is 0 Å². The maximum atomic E-state index is 11.4. The molecule has 0 spiro atoms. The Morgan fingerprint density at radius 1 is 1.21 bits per heavy atom. The molecule has 0 aliphatic carbocycles. The summed E-state index contributed by atoms with van der Waals surface area (Å²) in [6, 6.07) is 7.82. The maximum absolute atomic E-state index is 11.4. The number of rotatable bonds is 0. The lowest BCUT2D eigenvalue weighted by Crippen LogP contribution is -2.68. The second-order valence-corrected chi connectivity index (χ2v) is 4.67. The summed E-state index contributed by atoms with van der Waals surface area (Å²) in [6.45, 7) is 1.97. The Hall–Kier alpha value is -1.51. The molecule has 1 aromatic carbocycles. The lowest BCUT2D eigenvalue weighted by Gasteiger charge is -2.17. The summed E-state index contributed by atoms with van der Waals surface area (Å²) < 4.78 is 36.0. The molecule has 1 N–H and O–H groups in total. The summed E-state index contributed by atoms with van der Waals surface area (Å²) >= 11 is 0. The van der Waals surface area contributed by atoms with Gasteiger partial charge in [0, 0.05) is 13.0 Å². The van der Waals surface area contributed by atoms with Crippen molar-refractivity contribution >= 4 is 23.0 Å². The third-order valence-corrected chi connectivity index (χ3v) is 2.53. The van der Waals surface area contributed by atoms with Crippen LogP contribution in [0.15, 0.2) is 24.3 Å². The van der Waals surface area contributed by atoms with Crippen LogP contribution in [-0.4, -0.2) is 23.2 Å². The van der Waals surface area contributed by atoms with Gasteiger partial charge in [0.15, 0.2) is 5.71 Å². The molecule has 0 saturated heterocycles. The normalized spacial score (nSPS) is 14.9. The van der Waals surface area contributed by atoms with Crippen molar-refractivity contribution in [3.05, 3.63) is 24.3 Å². The smallest absolute Gasteiger partial charge is 0.234 e. The number of halogens is 1. The van der Waals surface area contributed by atoms with E-state index in [2.05, 4.69) is 5.32 Å². The average molecular weight is 289 g/mol. The summed E-state index contributed by atoms with van der Waals surface area (Å²) in [7, 11) is -2.96. The van der Waals surface area contributed by atoms with E-state index in [1.807, 2.05) is 42.8 Å². The average Bonchev–Trinajstić information content (AvgIpc) is 2.35. The summed E-state index contributed by atoms with van der Waals surface area (Å²) in [5.74, 6) is 0.0549. The van der Waals surface area contributed by atoms with Crippen LogP contribution in [0.1, 0.15) is 13.3 Å². The molecule has 0 unspecified atom stereocenters. The summed E-state index contributed by atoms with van der Waals surface area (Å²) in [5.41, 5.74) is 3.00. The Labute approximate surface area is 112 Å². The molecule has 19 heavy (non-hydrogen) atoms. The SMILES string of the molecule is CC1=[N+](C)c2ccccc2NC(=O)C1.[O-][Cl+3]([O-])([O-])[O-]. The van der Waals surface area contributed by atoms with E-state index in [4.69, 9.17) is 18.6 Å². The van der Waals surface area contributed by atoms with E-state index in [0.717, 1.165) is 17.1 Å². The van der Waals surface area contributed by atoms with E-state index < -0.39 is 10.2 Å². The van der Waals surface area contributed by atoms with Crippen LogP contribution in [-0.2, 0) is 4.79 Å². The number of para-hydroxylation sites is 2. The van der Waals surface area contributed by atoms with Crippen LogP contribution >= 0.6 is 0 Å². The minimum atomic E-state index is -4.94. The Morgan fingerprint density at radius 2 is 1.74 bits per heavy atom. The first kappa shape index (κ1) is 15.5. The minimum absolute atomic E-state index is 0.0549. The van der Waals surface area contributed by atoms with Gasteiger partial charge in [-0.05, 0) is 6.07 Å². The first-order valence-corrected chi connectivity index (χ1v) is 6.48.